The van der Waals surface area contributed by atoms with Gasteiger partial charge in [0.25, 0.3) is 0 Å². The fraction of sp³-hybridized carbons (Fsp3) is 0.500. The van der Waals surface area contributed by atoms with Gasteiger partial charge in [0, 0.05) is 33.1 Å². The van der Waals surface area contributed by atoms with Crippen molar-refractivity contribution in [2.45, 2.75) is 31.3 Å². The predicted molar refractivity (Wildman–Crippen MR) is 89.2 cm³/mol. The molecular weight excluding hydrogens is 324 g/mol. The molecule has 2 aliphatic heterocycles. The number of hydrogen-bond donors (Lipinski definition) is 2. The summed E-state index contributed by atoms with van der Waals surface area (Å²) in [6.07, 6.45) is 1.31. The highest BCUT2D eigenvalue weighted by Crippen LogP contribution is 2.42. The van der Waals surface area contributed by atoms with Gasteiger partial charge in [0.2, 0.25) is 5.91 Å². The van der Waals surface area contributed by atoms with Crippen LogP contribution in [0.4, 0.5) is 0 Å². The first kappa shape index (κ1) is 17.4. The maximum Gasteiger partial charge on any atom is 0.335 e. The second-order valence-electron chi connectivity index (χ2n) is 6.93. The van der Waals surface area contributed by atoms with Crippen LogP contribution in [-0.2, 0) is 16.1 Å². The van der Waals surface area contributed by atoms with Gasteiger partial charge in [-0.15, -0.1) is 0 Å². The van der Waals surface area contributed by atoms with E-state index in [0.717, 1.165) is 5.56 Å². The second-order valence-corrected chi connectivity index (χ2v) is 6.93. The van der Waals surface area contributed by atoms with Gasteiger partial charge in [0.05, 0.1) is 17.0 Å². The Balaban J connectivity index is 1.69. The molecule has 7 nitrogen and oxygen atoms in total. The molecule has 7 heteroatoms. The Morgan fingerprint density at radius 2 is 1.92 bits per heavy atom. The van der Waals surface area contributed by atoms with Gasteiger partial charge in [0.1, 0.15) is 0 Å². The summed E-state index contributed by atoms with van der Waals surface area (Å²) >= 11 is 0. The predicted octanol–water partition coefficient (Wildman–Crippen LogP) is 1.28. The highest BCUT2D eigenvalue weighted by molar-refractivity contribution is 5.88. The average molecular weight is 346 g/mol. The molecule has 134 valence electrons. The van der Waals surface area contributed by atoms with Crippen LogP contribution in [0.25, 0.3) is 0 Å². The molecule has 1 atom stereocenters. The number of likely N-dealkylation sites (tertiary alicyclic amines) is 2. The van der Waals surface area contributed by atoms with Crippen molar-refractivity contribution in [3.8, 4) is 0 Å². The molecule has 1 spiro atoms. The molecule has 1 amide bonds. The lowest BCUT2D eigenvalue weighted by Gasteiger charge is -2.45. The van der Waals surface area contributed by atoms with E-state index in [-0.39, 0.29) is 17.9 Å². The third kappa shape index (κ3) is 3.11. The monoisotopic (exact) mass is 346 g/mol. The topological polar surface area (TPSA) is 98.2 Å². The zero-order chi connectivity index (χ0) is 18.2. The summed E-state index contributed by atoms with van der Waals surface area (Å²) in [4.78, 5) is 38.5. The van der Waals surface area contributed by atoms with Gasteiger partial charge < -0.3 is 15.1 Å². The SMILES string of the molecule is CN1C(=O)CC(C(=O)O)C12CCN(Cc1cccc(C(=O)O)c1)CC2. The van der Waals surface area contributed by atoms with E-state index in [2.05, 4.69) is 4.90 Å². The van der Waals surface area contributed by atoms with Gasteiger partial charge in [0.15, 0.2) is 0 Å². The number of carboxylic acids is 2. The number of aliphatic carboxylic acids is 1. The van der Waals surface area contributed by atoms with Crippen LogP contribution < -0.4 is 0 Å². The van der Waals surface area contributed by atoms with E-state index in [4.69, 9.17) is 5.11 Å². The third-order valence-electron chi connectivity index (χ3n) is 5.67. The molecule has 0 aromatic heterocycles. The summed E-state index contributed by atoms with van der Waals surface area (Å²) in [5, 5.41) is 18.6. The van der Waals surface area contributed by atoms with Crippen molar-refractivity contribution in [3.05, 3.63) is 35.4 Å². The summed E-state index contributed by atoms with van der Waals surface area (Å²) in [6, 6.07) is 6.85. The molecule has 3 rings (SSSR count). The average Bonchev–Trinajstić information content (AvgIpc) is 2.83. The Bertz CT molecular complexity index is 709. The summed E-state index contributed by atoms with van der Waals surface area (Å²) in [6.45, 7) is 1.98. The molecule has 1 unspecified atom stereocenters. The van der Waals surface area contributed by atoms with Crippen molar-refractivity contribution in [3.63, 3.8) is 0 Å². The Morgan fingerprint density at radius 1 is 1.24 bits per heavy atom. The fourth-order valence-electron chi connectivity index (χ4n) is 4.14. The smallest absolute Gasteiger partial charge is 0.335 e. The van der Waals surface area contributed by atoms with Gasteiger partial charge in [-0.05, 0) is 30.5 Å². The summed E-state index contributed by atoms with van der Waals surface area (Å²) in [5.41, 5.74) is 0.585. The molecule has 2 aliphatic rings. The van der Waals surface area contributed by atoms with Crippen LogP contribution in [-0.4, -0.2) is 63.5 Å². The maximum atomic E-state index is 12.0. The summed E-state index contributed by atoms with van der Waals surface area (Å²) in [5.74, 6) is -2.60. The number of carbonyl (C=O) groups is 3. The number of aromatic carboxylic acids is 1. The number of carboxylic acid groups (broad SMARTS) is 2. The maximum absolute atomic E-state index is 12.0. The van der Waals surface area contributed by atoms with Gasteiger partial charge in [-0.2, -0.15) is 0 Å². The van der Waals surface area contributed by atoms with Crippen molar-refractivity contribution in [2.24, 2.45) is 5.92 Å². The first-order valence-corrected chi connectivity index (χ1v) is 8.37. The minimum absolute atomic E-state index is 0.0759. The Kier molecular flexibility index (Phi) is 4.51. The summed E-state index contributed by atoms with van der Waals surface area (Å²) < 4.78 is 0. The van der Waals surface area contributed by atoms with Crippen molar-refractivity contribution >= 4 is 17.8 Å². The lowest BCUT2D eigenvalue weighted by Crippen LogP contribution is -2.55. The highest BCUT2D eigenvalue weighted by Gasteiger charge is 2.55. The minimum Gasteiger partial charge on any atom is -0.481 e. The van der Waals surface area contributed by atoms with Gasteiger partial charge in [-0.1, -0.05) is 12.1 Å². The fourth-order valence-corrected chi connectivity index (χ4v) is 4.14. The molecule has 1 aromatic rings. The van der Waals surface area contributed by atoms with E-state index in [1.165, 1.54) is 0 Å². The molecule has 0 saturated carbocycles. The largest absolute Gasteiger partial charge is 0.481 e. The number of benzene rings is 1. The third-order valence-corrected chi connectivity index (χ3v) is 5.67. The molecule has 0 aliphatic carbocycles. The quantitative estimate of drug-likeness (QED) is 0.852. The zero-order valence-corrected chi connectivity index (χ0v) is 14.1. The van der Waals surface area contributed by atoms with Crippen LogP contribution in [0.5, 0.6) is 0 Å². The van der Waals surface area contributed by atoms with E-state index in [1.54, 1.807) is 30.1 Å². The van der Waals surface area contributed by atoms with Crippen molar-refractivity contribution in [1.82, 2.24) is 9.80 Å². The van der Waals surface area contributed by atoms with Crippen LogP contribution in [0.2, 0.25) is 0 Å². The first-order chi connectivity index (χ1) is 11.8. The Morgan fingerprint density at radius 3 is 2.52 bits per heavy atom. The van der Waals surface area contributed by atoms with E-state index >= 15 is 0 Å². The molecule has 0 bridgehead atoms. The highest BCUT2D eigenvalue weighted by atomic mass is 16.4. The van der Waals surface area contributed by atoms with Crippen molar-refractivity contribution < 1.29 is 24.6 Å². The molecule has 2 fully saturated rings. The lowest BCUT2D eigenvalue weighted by molar-refractivity contribution is -0.146. The summed E-state index contributed by atoms with van der Waals surface area (Å²) in [7, 11) is 1.71. The molecule has 2 N–H and O–H groups in total. The van der Waals surface area contributed by atoms with Gasteiger partial charge >= 0.3 is 11.9 Å². The van der Waals surface area contributed by atoms with E-state index in [0.29, 0.717) is 32.5 Å². The van der Waals surface area contributed by atoms with Crippen LogP contribution in [0, 0.1) is 5.92 Å². The molecule has 2 heterocycles. The Hall–Kier alpha value is -2.41. The van der Waals surface area contributed by atoms with E-state index < -0.39 is 23.4 Å². The lowest BCUT2D eigenvalue weighted by atomic mass is 9.77. The van der Waals surface area contributed by atoms with Gasteiger partial charge in [-0.25, -0.2) is 4.79 Å². The molecule has 0 radical (unpaired) electrons. The zero-order valence-electron chi connectivity index (χ0n) is 14.1. The van der Waals surface area contributed by atoms with Crippen LogP contribution >= 0.6 is 0 Å². The van der Waals surface area contributed by atoms with Crippen molar-refractivity contribution in [1.29, 1.82) is 0 Å². The van der Waals surface area contributed by atoms with Crippen LogP contribution in [0.1, 0.15) is 35.2 Å². The van der Waals surface area contributed by atoms with Crippen LogP contribution in [0.3, 0.4) is 0 Å². The number of nitrogens with zero attached hydrogens (tertiary/aromatic N) is 2. The standard InChI is InChI=1S/C18H22N2O5/c1-19-15(21)10-14(17(24)25)18(19)5-7-20(8-6-18)11-12-3-2-4-13(9-12)16(22)23/h2-4,9,14H,5-8,10-11H2,1H3,(H,22,23)(H,24,25). The van der Waals surface area contributed by atoms with E-state index in [1.807, 2.05) is 6.07 Å². The number of amides is 1. The number of hydrogen-bond acceptors (Lipinski definition) is 4. The molecule has 25 heavy (non-hydrogen) atoms. The van der Waals surface area contributed by atoms with Gasteiger partial charge in [-0.3, -0.25) is 14.5 Å². The molecule has 2 saturated heterocycles. The number of piperidine rings is 1. The first-order valence-electron chi connectivity index (χ1n) is 8.37. The van der Waals surface area contributed by atoms with Crippen molar-refractivity contribution in [2.75, 3.05) is 20.1 Å². The Labute approximate surface area is 145 Å². The van der Waals surface area contributed by atoms with E-state index in [9.17, 15) is 19.5 Å². The second kappa shape index (κ2) is 6.48. The van der Waals surface area contributed by atoms with Crippen LogP contribution in [0.15, 0.2) is 24.3 Å². The molecular formula is C18H22N2O5. The minimum atomic E-state index is -0.949. The molecule has 1 aromatic carbocycles. The number of rotatable bonds is 4. The normalized spacial score (nSPS) is 23.2. The number of carbonyl (C=O) groups excluding carboxylic acids is 1.